The first-order valence-electron chi connectivity index (χ1n) is 8.50. The van der Waals surface area contributed by atoms with Crippen molar-refractivity contribution >= 4 is 27.5 Å². The summed E-state index contributed by atoms with van der Waals surface area (Å²) in [6, 6.07) is 10.5. The third-order valence-electron chi connectivity index (χ3n) is 4.53. The monoisotopic (exact) mass is 395 g/mol. The molecule has 0 saturated heterocycles. The third kappa shape index (κ3) is 4.85. The van der Waals surface area contributed by atoms with Crippen LogP contribution in [0.5, 0.6) is 0 Å². The lowest BCUT2D eigenvalue weighted by molar-refractivity contribution is 0.373. The van der Waals surface area contributed by atoms with E-state index in [0.29, 0.717) is 11.1 Å². The Bertz CT molecular complexity index is 632. The van der Waals surface area contributed by atoms with E-state index in [-0.39, 0.29) is 0 Å². The molecule has 2 nitrogen and oxygen atoms in total. The van der Waals surface area contributed by atoms with Crippen molar-refractivity contribution in [1.29, 1.82) is 0 Å². The van der Waals surface area contributed by atoms with Gasteiger partial charge in [-0.25, -0.2) is 0 Å². The Morgan fingerprint density at radius 3 is 2.52 bits per heavy atom. The van der Waals surface area contributed by atoms with Crippen LogP contribution in [0.4, 0.5) is 0 Å². The van der Waals surface area contributed by atoms with E-state index in [1.165, 1.54) is 44.9 Å². The van der Waals surface area contributed by atoms with Crippen LogP contribution in [0.25, 0.3) is 11.3 Å². The molecule has 0 aliphatic heterocycles. The van der Waals surface area contributed by atoms with Gasteiger partial charge in [-0.15, -0.1) is 0 Å². The maximum absolute atomic E-state index is 6.30. The second-order valence-electron chi connectivity index (χ2n) is 6.31. The van der Waals surface area contributed by atoms with Gasteiger partial charge in [0.25, 0.3) is 0 Å². The molecule has 1 aliphatic rings. The molecule has 0 amide bonds. The smallest absolute Gasteiger partial charge is 0.135 e. The molecule has 23 heavy (non-hydrogen) atoms. The molecular formula is C19H23BrClNO. The van der Waals surface area contributed by atoms with Crippen molar-refractivity contribution in [3.05, 3.63) is 45.6 Å². The SMILES string of the molecule is Clc1cc(Br)ccc1-c1ccc(CNC2CCCCCCC2)o1. The highest BCUT2D eigenvalue weighted by atomic mass is 79.9. The molecule has 2 aromatic rings. The minimum absolute atomic E-state index is 0.625. The summed E-state index contributed by atoms with van der Waals surface area (Å²) < 4.78 is 6.95. The summed E-state index contributed by atoms with van der Waals surface area (Å²) in [7, 11) is 0. The highest BCUT2D eigenvalue weighted by molar-refractivity contribution is 9.10. The van der Waals surface area contributed by atoms with E-state index in [1.54, 1.807) is 0 Å². The first-order valence-corrected chi connectivity index (χ1v) is 9.67. The van der Waals surface area contributed by atoms with Crippen LogP contribution in [0.2, 0.25) is 5.02 Å². The van der Waals surface area contributed by atoms with Crippen molar-refractivity contribution in [3.8, 4) is 11.3 Å². The molecule has 0 bridgehead atoms. The zero-order valence-electron chi connectivity index (χ0n) is 13.3. The Hall–Kier alpha value is -0.770. The van der Waals surface area contributed by atoms with Crippen molar-refractivity contribution in [2.75, 3.05) is 0 Å². The van der Waals surface area contributed by atoms with Crippen LogP contribution >= 0.6 is 27.5 Å². The maximum Gasteiger partial charge on any atom is 0.135 e. The summed E-state index contributed by atoms with van der Waals surface area (Å²) in [5, 5.41) is 4.36. The second kappa shape index (κ2) is 8.36. The van der Waals surface area contributed by atoms with Crippen LogP contribution in [0.3, 0.4) is 0 Å². The van der Waals surface area contributed by atoms with E-state index in [9.17, 15) is 0 Å². The van der Waals surface area contributed by atoms with Gasteiger partial charge in [-0.2, -0.15) is 0 Å². The topological polar surface area (TPSA) is 25.2 Å². The molecule has 0 spiro atoms. The predicted octanol–water partition coefficient (Wildman–Crippen LogP) is 6.57. The Kier molecular flexibility index (Phi) is 6.21. The number of hydrogen-bond acceptors (Lipinski definition) is 2. The number of benzene rings is 1. The molecule has 3 rings (SSSR count). The highest BCUT2D eigenvalue weighted by Gasteiger charge is 2.13. The zero-order valence-corrected chi connectivity index (χ0v) is 15.6. The van der Waals surface area contributed by atoms with Crippen LogP contribution in [0.1, 0.15) is 50.7 Å². The molecule has 1 aromatic heterocycles. The average Bonchev–Trinajstić information content (AvgIpc) is 2.94. The summed E-state index contributed by atoms with van der Waals surface area (Å²) in [6.45, 7) is 0.790. The van der Waals surface area contributed by atoms with Crippen LogP contribution in [-0.2, 0) is 6.54 Å². The number of rotatable bonds is 4. The molecule has 1 aromatic carbocycles. The molecule has 1 heterocycles. The normalized spacial score (nSPS) is 17.0. The lowest BCUT2D eigenvalue weighted by Crippen LogP contribution is -2.29. The Labute approximate surface area is 151 Å². The van der Waals surface area contributed by atoms with Crippen LogP contribution in [0.15, 0.2) is 39.2 Å². The molecule has 0 atom stereocenters. The average molecular weight is 397 g/mol. The van der Waals surface area contributed by atoms with Gasteiger partial charge in [0.1, 0.15) is 11.5 Å². The van der Waals surface area contributed by atoms with Gasteiger partial charge < -0.3 is 9.73 Å². The van der Waals surface area contributed by atoms with E-state index in [4.69, 9.17) is 16.0 Å². The predicted molar refractivity (Wildman–Crippen MR) is 99.8 cm³/mol. The number of hydrogen-bond donors (Lipinski definition) is 1. The van der Waals surface area contributed by atoms with Gasteiger partial charge in [0, 0.05) is 16.1 Å². The highest BCUT2D eigenvalue weighted by Crippen LogP contribution is 2.31. The molecule has 1 saturated carbocycles. The molecular weight excluding hydrogens is 374 g/mol. The van der Waals surface area contributed by atoms with Gasteiger partial charge in [-0.3, -0.25) is 0 Å². The molecule has 124 valence electrons. The first kappa shape index (κ1) is 17.1. The fourth-order valence-corrected chi connectivity index (χ4v) is 3.98. The summed E-state index contributed by atoms with van der Waals surface area (Å²) in [5.41, 5.74) is 0.937. The zero-order chi connectivity index (χ0) is 16.1. The van der Waals surface area contributed by atoms with E-state index in [2.05, 4.69) is 21.2 Å². The number of nitrogens with one attached hydrogen (secondary N) is 1. The molecule has 1 fully saturated rings. The van der Waals surface area contributed by atoms with E-state index < -0.39 is 0 Å². The number of halogens is 2. The minimum atomic E-state index is 0.625. The standard InChI is InChI=1S/C19H23BrClNO/c20-14-8-10-17(18(21)12-14)19-11-9-16(23-19)13-22-15-6-4-2-1-3-5-7-15/h8-12,15,22H,1-7,13H2. The van der Waals surface area contributed by atoms with Crippen LogP contribution < -0.4 is 5.32 Å². The molecule has 0 unspecified atom stereocenters. The largest absolute Gasteiger partial charge is 0.460 e. The van der Waals surface area contributed by atoms with E-state index in [1.807, 2.05) is 30.3 Å². The molecule has 1 N–H and O–H groups in total. The van der Waals surface area contributed by atoms with E-state index >= 15 is 0 Å². The summed E-state index contributed by atoms with van der Waals surface area (Å²) in [4.78, 5) is 0. The van der Waals surface area contributed by atoms with Gasteiger partial charge in [0.05, 0.1) is 11.6 Å². The Morgan fingerprint density at radius 2 is 1.78 bits per heavy atom. The minimum Gasteiger partial charge on any atom is -0.460 e. The molecule has 0 radical (unpaired) electrons. The second-order valence-corrected chi connectivity index (χ2v) is 7.64. The van der Waals surface area contributed by atoms with Crippen LogP contribution in [0, 0.1) is 0 Å². The molecule has 4 heteroatoms. The lowest BCUT2D eigenvalue weighted by atomic mass is 9.97. The Balaban J connectivity index is 1.60. The van der Waals surface area contributed by atoms with Gasteiger partial charge >= 0.3 is 0 Å². The third-order valence-corrected chi connectivity index (χ3v) is 5.33. The quantitative estimate of drug-likeness (QED) is 0.632. The lowest BCUT2D eigenvalue weighted by Gasteiger charge is -2.20. The van der Waals surface area contributed by atoms with Gasteiger partial charge in [-0.1, -0.05) is 59.6 Å². The molecule has 1 aliphatic carbocycles. The summed E-state index contributed by atoms with van der Waals surface area (Å²) in [5.74, 6) is 1.80. The van der Waals surface area contributed by atoms with Crippen molar-refractivity contribution < 1.29 is 4.42 Å². The summed E-state index contributed by atoms with van der Waals surface area (Å²) >= 11 is 9.73. The van der Waals surface area contributed by atoms with Crippen molar-refractivity contribution in [2.45, 2.75) is 57.5 Å². The van der Waals surface area contributed by atoms with Gasteiger partial charge in [-0.05, 0) is 43.2 Å². The first-order chi connectivity index (χ1) is 11.2. The fourth-order valence-electron chi connectivity index (χ4n) is 3.21. The van der Waals surface area contributed by atoms with Gasteiger partial charge in [0.2, 0.25) is 0 Å². The fraction of sp³-hybridized carbons (Fsp3) is 0.474. The number of furan rings is 1. The van der Waals surface area contributed by atoms with Gasteiger partial charge in [0.15, 0.2) is 0 Å². The van der Waals surface area contributed by atoms with Crippen molar-refractivity contribution in [2.24, 2.45) is 0 Å². The van der Waals surface area contributed by atoms with Crippen molar-refractivity contribution in [1.82, 2.24) is 5.32 Å². The van der Waals surface area contributed by atoms with Crippen molar-refractivity contribution in [3.63, 3.8) is 0 Å². The van der Waals surface area contributed by atoms with E-state index in [0.717, 1.165) is 28.1 Å². The van der Waals surface area contributed by atoms with Crippen LogP contribution in [-0.4, -0.2) is 6.04 Å². The maximum atomic E-state index is 6.30. The Morgan fingerprint density at radius 1 is 1.04 bits per heavy atom. The summed E-state index contributed by atoms with van der Waals surface area (Å²) in [6.07, 6.45) is 9.42.